The molecule has 2 rings (SSSR count). The average molecular weight is 327 g/mol. The monoisotopic (exact) mass is 326 g/mol. The molecule has 0 bridgehead atoms. The van der Waals surface area contributed by atoms with E-state index in [9.17, 15) is 8.78 Å². The number of ether oxygens (including phenoxy) is 1. The Hall–Kier alpha value is -1.42. The number of halogens is 3. The zero-order chi connectivity index (χ0) is 13.9. The summed E-state index contributed by atoms with van der Waals surface area (Å²) < 4.78 is 34.0. The topological polar surface area (TPSA) is 9.23 Å². The second-order valence-corrected chi connectivity index (χ2v) is 5.18. The average Bonchev–Trinajstić information content (AvgIpc) is 2.39. The van der Waals surface area contributed by atoms with Crippen molar-refractivity contribution in [2.45, 2.75) is 12.8 Å². The van der Waals surface area contributed by atoms with E-state index in [0.29, 0.717) is 5.75 Å². The minimum Gasteiger partial charge on any atom is -0.487 e. The Kier molecular flexibility index (Phi) is 4.20. The van der Waals surface area contributed by atoms with Gasteiger partial charge in [0.05, 0.1) is 0 Å². The third-order valence-electron chi connectivity index (χ3n) is 2.74. The molecule has 0 saturated heterocycles. The van der Waals surface area contributed by atoms with Crippen molar-refractivity contribution in [1.82, 2.24) is 0 Å². The van der Waals surface area contributed by atoms with Crippen molar-refractivity contribution in [2.75, 3.05) is 6.61 Å². The molecular weight excluding hydrogens is 314 g/mol. The Bertz CT molecular complexity index is 555. The molecule has 0 heterocycles. The van der Waals surface area contributed by atoms with Crippen LogP contribution in [0.1, 0.15) is 11.1 Å². The number of rotatable bonds is 4. The van der Waals surface area contributed by atoms with Gasteiger partial charge in [-0.2, -0.15) is 8.78 Å². The maximum Gasteiger partial charge on any atom is 0.306 e. The van der Waals surface area contributed by atoms with Crippen molar-refractivity contribution in [3.63, 3.8) is 0 Å². The van der Waals surface area contributed by atoms with Crippen LogP contribution in [-0.4, -0.2) is 6.61 Å². The summed E-state index contributed by atoms with van der Waals surface area (Å²) in [5.74, 6) is -2.53. The van der Waals surface area contributed by atoms with E-state index in [1.165, 1.54) is 12.1 Å². The number of aryl methyl sites for hydroxylation is 1. The predicted octanol–water partition coefficient (Wildman–Crippen LogP) is 4.93. The van der Waals surface area contributed by atoms with Crippen LogP contribution in [0.3, 0.4) is 0 Å². The van der Waals surface area contributed by atoms with E-state index >= 15 is 0 Å². The fourth-order valence-corrected chi connectivity index (χ4v) is 2.18. The molecule has 1 nitrogen and oxygen atoms in total. The first-order chi connectivity index (χ1) is 8.99. The Morgan fingerprint density at radius 1 is 1.11 bits per heavy atom. The van der Waals surface area contributed by atoms with Crippen LogP contribution in [0.5, 0.6) is 5.75 Å². The van der Waals surface area contributed by atoms with E-state index in [0.717, 1.165) is 10.0 Å². The van der Waals surface area contributed by atoms with Gasteiger partial charge in [-0.1, -0.05) is 46.3 Å². The van der Waals surface area contributed by atoms with Crippen LogP contribution in [0.4, 0.5) is 8.78 Å². The third-order valence-corrected chi connectivity index (χ3v) is 3.24. The molecule has 100 valence electrons. The first-order valence-corrected chi connectivity index (χ1v) is 6.61. The van der Waals surface area contributed by atoms with E-state index in [4.69, 9.17) is 4.74 Å². The molecule has 0 fully saturated rings. The highest BCUT2D eigenvalue weighted by molar-refractivity contribution is 9.10. The Morgan fingerprint density at radius 3 is 2.42 bits per heavy atom. The maximum atomic E-state index is 13.9. The smallest absolute Gasteiger partial charge is 0.306 e. The molecule has 0 aliphatic carbocycles. The highest BCUT2D eigenvalue weighted by Crippen LogP contribution is 2.30. The summed E-state index contributed by atoms with van der Waals surface area (Å²) in [6, 6.07) is 13.0. The molecule has 2 aromatic carbocycles. The summed E-state index contributed by atoms with van der Waals surface area (Å²) in [4.78, 5) is 0. The molecule has 0 unspecified atom stereocenters. The molecule has 0 aliphatic rings. The summed E-state index contributed by atoms with van der Waals surface area (Å²) in [7, 11) is 0. The molecule has 0 spiro atoms. The van der Waals surface area contributed by atoms with Crippen molar-refractivity contribution < 1.29 is 13.5 Å². The van der Waals surface area contributed by atoms with Gasteiger partial charge in [0.25, 0.3) is 0 Å². The number of alkyl halides is 2. The van der Waals surface area contributed by atoms with Crippen LogP contribution in [-0.2, 0) is 5.92 Å². The van der Waals surface area contributed by atoms with Gasteiger partial charge in [0.15, 0.2) is 6.61 Å². The molecular formula is C15H13BrF2O. The van der Waals surface area contributed by atoms with Gasteiger partial charge >= 0.3 is 5.92 Å². The quantitative estimate of drug-likeness (QED) is 0.774. The van der Waals surface area contributed by atoms with Crippen molar-refractivity contribution in [2.24, 2.45) is 0 Å². The zero-order valence-electron chi connectivity index (χ0n) is 10.4. The Labute approximate surface area is 119 Å². The van der Waals surface area contributed by atoms with E-state index < -0.39 is 12.5 Å². The van der Waals surface area contributed by atoms with Crippen molar-refractivity contribution in [3.8, 4) is 5.75 Å². The highest BCUT2D eigenvalue weighted by atomic mass is 79.9. The summed E-state index contributed by atoms with van der Waals surface area (Å²) in [5.41, 5.74) is 0.781. The summed E-state index contributed by atoms with van der Waals surface area (Å²) in [6.07, 6.45) is 0. The van der Waals surface area contributed by atoms with Crippen LogP contribution in [0, 0.1) is 6.92 Å². The Morgan fingerprint density at radius 2 is 1.79 bits per heavy atom. The predicted molar refractivity (Wildman–Crippen MR) is 74.7 cm³/mol. The molecule has 0 amide bonds. The maximum absolute atomic E-state index is 13.9. The Balaban J connectivity index is 2.09. The van der Waals surface area contributed by atoms with E-state index in [1.54, 1.807) is 30.3 Å². The van der Waals surface area contributed by atoms with Gasteiger partial charge in [-0.3, -0.25) is 0 Å². The van der Waals surface area contributed by atoms with Gasteiger partial charge in [0, 0.05) is 10.0 Å². The SMILES string of the molecule is Cc1cc(Br)ccc1OCC(F)(F)c1ccccc1. The van der Waals surface area contributed by atoms with Gasteiger partial charge in [0.1, 0.15) is 5.75 Å². The molecule has 4 heteroatoms. The van der Waals surface area contributed by atoms with E-state index in [2.05, 4.69) is 15.9 Å². The van der Waals surface area contributed by atoms with E-state index in [1.807, 2.05) is 13.0 Å². The molecule has 0 aromatic heterocycles. The van der Waals surface area contributed by atoms with Crippen LogP contribution < -0.4 is 4.74 Å². The molecule has 2 aromatic rings. The fraction of sp³-hybridized carbons (Fsp3) is 0.200. The standard InChI is InChI=1S/C15H13BrF2O/c1-11-9-13(16)7-8-14(11)19-10-15(17,18)12-5-3-2-4-6-12/h2-9H,10H2,1H3. The lowest BCUT2D eigenvalue weighted by Gasteiger charge is -2.18. The first kappa shape index (κ1) is 14.0. The number of benzene rings is 2. The molecule has 0 saturated carbocycles. The lowest BCUT2D eigenvalue weighted by atomic mass is 10.1. The van der Waals surface area contributed by atoms with Gasteiger partial charge in [0.2, 0.25) is 0 Å². The van der Waals surface area contributed by atoms with Crippen LogP contribution >= 0.6 is 15.9 Å². The minimum atomic E-state index is -3.00. The zero-order valence-corrected chi connectivity index (χ0v) is 12.0. The molecule has 0 N–H and O–H groups in total. The summed E-state index contributed by atoms with van der Waals surface area (Å²) in [6.45, 7) is 1.15. The normalized spacial score (nSPS) is 11.4. The van der Waals surface area contributed by atoms with Crippen LogP contribution in [0.2, 0.25) is 0 Å². The van der Waals surface area contributed by atoms with Gasteiger partial charge in [-0.15, -0.1) is 0 Å². The lowest BCUT2D eigenvalue weighted by molar-refractivity contribution is -0.0468. The summed E-state index contributed by atoms with van der Waals surface area (Å²) in [5, 5.41) is 0. The lowest BCUT2D eigenvalue weighted by Crippen LogP contribution is -2.23. The van der Waals surface area contributed by atoms with Crippen molar-refractivity contribution in [3.05, 3.63) is 64.1 Å². The number of hydrogen-bond donors (Lipinski definition) is 0. The van der Waals surface area contributed by atoms with Crippen molar-refractivity contribution in [1.29, 1.82) is 0 Å². The number of hydrogen-bond acceptors (Lipinski definition) is 1. The van der Waals surface area contributed by atoms with Crippen molar-refractivity contribution >= 4 is 15.9 Å². The fourth-order valence-electron chi connectivity index (χ4n) is 1.71. The molecule has 0 aliphatic heterocycles. The van der Waals surface area contributed by atoms with Gasteiger partial charge in [-0.05, 0) is 30.7 Å². The summed E-state index contributed by atoms with van der Waals surface area (Å²) >= 11 is 3.32. The van der Waals surface area contributed by atoms with Gasteiger partial charge < -0.3 is 4.74 Å². The first-order valence-electron chi connectivity index (χ1n) is 5.81. The van der Waals surface area contributed by atoms with Crippen LogP contribution in [0.25, 0.3) is 0 Å². The highest BCUT2D eigenvalue weighted by Gasteiger charge is 2.32. The second kappa shape index (κ2) is 5.70. The molecule has 0 atom stereocenters. The minimum absolute atomic E-state index is 0.0373. The largest absolute Gasteiger partial charge is 0.487 e. The molecule has 19 heavy (non-hydrogen) atoms. The third kappa shape index (κ3) is 3.53. The van der Waals surface area contributed by atoms with Gasteiger partial charge in [-0.25, -0.2) is 0 Å². The molecule has 0 radical (unpaired) electrons. The van der Waals surface area contributed by atoms with E-state index in [-0.39, 0.29) is 5.56 Å². The second-order valence-electron chi connectivity index (χ2n) is 4.27. The van der Waals surface area contributed by atoms with Crippen LogP contribution in [0.15, 0.2) is 53.0 Å².